The van der Waals surface area contributed by atoms with Gasteiger partial charge in [-0.2, -0.15) is 0 Å². The molecular formula is C64H95N7S2. The molecule has 16 saturated carbocycles. The van der Waals surface area contributed by atoms with E-state index in [1.54, 1.807) is 24.8 Å². The summed E-state index contributed by atoms with van der Waals surface area (Å²) in [6.07, 6.45) is 45.7. The number of thiophene rings is 1. The lowest BCUT2D eigenvalue weighted by Gasteiger charge is -2.57. The third kappa shape index (κ3) is 11.4. The first-order valence-corrected chi connectivity index (χ1v) is 32.5. The normalized spacial score (nSPS) is 42.0. The zero-order chi connectivity index (χ0) is 49.4. The summed E-state index contributed by atoms with van der Waals surface area (Å²) in [6, 6.07) is 8.95. The summed E-state index contributed by atoms with van der Waals surface area (Å²) < 4.78 is 0. The maximum absolute atomic E-state index is 4.41. The van der Waals surface area contributed by atoms with Crippen LogP contribution in [0.4, 0.5) is 0 Å². The van der Waals surface area contributed by atoms with Crippen molar-refractivity contribution in [2.24, 2.45) is 71.0 Å². The van der Waals surface area contributed by atoms with Crippen LogP contribution >= 0.6 is 23.1 Å². The molecule has 0 saturated heterocycles. The van der Waals surface area contributed by atoms with E-state index in [1.807, 2.05) is 29.3 Å². The quantitative estimate of drug-likeness (QED) is 0.102. The number of thioether (sulfide) groups is 1. The van der Waals surface area contributed by atoms with E-state index in [1.165, 1.54) is 167 Å². The zero-order valence-corrected chi connectivity index (χ0v) is 47.4. The molecule has 3 heterocycles. The molecule has 16 bridgehead atoms. The van der Waals surface area contributed by atoms with E-state index in [0.717, 1.165) is 109 Å². The van der Waals surface area contributed by atoms with E-state index in [2.05, 4.69) is 99.7 Å². The first-order chi connectivity index (χ1) is 35.4. The second-order valence-corrected chi connectivity index (χ2v) is 31.0. The Bertz CT molecular complexity index is 2110. The maximum Gasteiger partial charge on any atom is 0.120 e. The van der Waals surface area contributed by atoms with E-state index in [-0.39, 0.29) is 0 Å². The standard InChI is InChI=1S/C17H25NS.C16H24N2.C16H23NS.C15H23N3/c1-19-16-3-2-12(7-16)11-18-17-8-13-4-14(9-17)6-15(5-13)10-17;2*1-11-2-3-15(18-11)10-17-16-7-12-4-13(8-16)6-14(5-12)9-16;1-10-8-16-14(18-10)9-17-15-5-11-2-12(6-15)4-13(3-11)7-15/h2-3,13-15,18H,4-11H2,1H3;2-3,12-14,17-18H,4-10H2,1H3;2-3,12-14,17H,4-10H2,1H3;8,11-13,17H,2-7,9H2,1H3,(H,16,18). The van der Waals surface area contributed by atoms with Gasteiger partial charge >= 0.3 is 0 Å². The molecule has 0 radical (unpaired) electrons. The van der Waals surface area contributed by atoms with Crippen molar-refractivity contribution in [3.8, 4) is 0 Å². The van der Waals surface area contributed by atoms with Gasteiger partial charge in [-0.25, -0.2) is 4.98 Å². The van der Waals surface area contributed by atoms with Crippen LogP contribution in [0.25, 0.3) is 0 Å². The van der Waals surface area contributed by atoms with E-state index in [0.29, 0.717) is 22.2 Å². The van der Waals surface area contributed by atoms with Crippen LogP contribution in [0.3, 0.4) is 0 Å². The number of H-pyrrole nitrogens is 2. The largest absolute Gasteiger partial charge is 0.361 e. The fraction of sp³-hybridized carbons (Fsp3) is 0.766. The van der Waals surface area contributed by atoms with Crippen molar-refractivity contribution in [3.05, 3.63) is 85.8 Å². The van der Waals surface area contributed by atoms with Gasteiger partial charge in [-0.05, 0) is 281 Å². The molecule has 0 aliphatic heterocycles. The molecule has 20 rings (SSSR count). The van der Waals surface area contributed by atoms with Crippen molar-refractivity contribution in [1.29, 1.82) is 0 Å². The molecule has 17 aliphatic rings. The number of imidazole rings is 1. The average molecular weight is 1030 g/mol. The summed E-state index contributed by atoms with van der Waals surface area (Å²) in [6.45, 7) is 10.6. The lowest BCUT2D eigenvalue weighted by Crippen LogP contribution is -2.58. The number of nitrogens with zero attached hydrogens (tertiary/aromatic N) is 1. The molecule has 398 valence electrons. The van der Waals surface area contributed by atoms with E-state index >= 15 is 0 Å². The number of allylic oxidation sites excluding steroid dienone is 3. The summed E-state index contributed by atoms with van der Waals surface area (Å²) >= 11 is 3.86. The molecule has 3 aromatic rings. The molecule has 6 N–H and O–H groups in total. The zero-order valence-electron chi connectivity index (χ0n) is 45.7. The lowest BCUT2D eigenvalue weighted by molar-refractivity contribution is -0.0209. The molecule has 9 heteroatoms. The molecular weight excluding hydrogens is 931 g/mol. The predicted molar refractivity (Wildman–Crippen MR) is 304 cm³/mol. The van der Waals surface area contributed by atoms with Gasteiger partial charge in [-0.1, -0.05) is 17.7 Å². The number of aromatic nitrogens is 3. The van der Waals surface area contributed by atoms with Crippen molar-refractivity contribution in [1.82, 2.24) is 36.2 Å². The van der Waals surface area contributed by atoms with Gasteiger partial charge < -0.3 is 31.2 Å². The molecule has 17 aliphatic carbocycles. The van der Waals surface area contributed by atoms with Crippen LogP contribution in [0.15, 0.2) is 53.1 Å². The second-order valence-electron chi connectivity index (χ2n) is 28.7. The molecule has 0 aromatic carbocycles. The van der Waals surface area contributed by atoms with Crippen LogP contribution in [0.5, 0.6) is 0 Å². The molecule has 0 unspecified atom stereocenters. The van der Waals surface area contributed by atoms with Crippen LogP contribution in [0, 0.1) is 91.8 Å². The molecule has 16 fully saturated rings. The number of nitrogens with one attached hydrogen (secondary N) is 6. The molecule has 0 atom stereocenters. The molecule has 0 amide bonds. The van der Waals surface area contributed by atoms with Gasteiger partial charge in [0.2, 0.25) is 0 Å². The van der Waals surface area contributed by atoms with E-state index < -0.39 is 0 Å². The summed E-state index contributed by atoms with van der Waals surface area (Å²) in [5.74, 6) is 13.6. The predicted octanol–water partition coefficient (Wildman–Crippen LogP) is 14.4. The topological polar surface area (TPSA) is 92.6 Å². The number of aryl methyl sites for hydroxylation is 3. The number of hydrogen-bond donors (Lipinski definition) is 6. The summed E-state index contributed by atoms with van der Waals surface area (Å²) in [4.78, 5) is 15.7. The fourth-order valence-corrected chi connectivity index (χ4v) is 22.4. The Labute approximate surface area is 449 Å². The van der Waals surface area contributed by atoms with Gasteiger partial charge in [-0.3, -0.25) is 0 Å². The second kappa shape index (κ2) is 20.6. The third-order valence-electron chi connectivity index (χ3n) is 22.4. The highest BCUT2D eigenvalue weighted by molar-refractivity contribution is 8.02. The smallest absolute Gasteiger partial charge is 0.120 e. The Morgan fingerprint density at radius 1 is 0.479 bits per heavy atom. The van der Waals surface area contributed by atoms with Crippen molar-refractivity contribution in [2.75, 3.05) is 12.8 Å². The SMILES string of the molecule is CSC1=CC=C(CNC23CC4CC(CC(C4)C2)C3)C1.Cc1ccc(CNC23CC4CC(CC(C4)C2)C3)[nH]1.Cc1ccc(CNC23CC4CC(CC(C4)C2)C3)s1.Cc1cnc(CNC23CC4CC(CC(C4)C2)C3)[nH]1. The highest BCUT2D eigenvalue weighted by Gasteiger charge is 2.54. The van der Waals surface area contributed by atoms with Gasteiger partial charge in [-0.15, -0.1) is 23.1 Å². The first kappa shape index (κ1) is 50.4. The maximum atomic E-state index is 4.41. The van der Waals surface area contributed by atoms with Crippen molar-refractivity contribution >= 4 is 23.1 Å². The minimum absolute atomic E-state index is 0.454. The Kier molecular flexibility index (Phi) is 14.2. The van der Waals surface area contributed by atoms with Crippen LogP contribution in [0.1, 0.15) is 193 Å². The number of hydrogen-bond acceptors (Lipinski definition) is 7. The minimum atomic E-state index is 0.454. The molecule has 7 nitrogen and oxygen atoms in total. The summed E-state index contributed by atoms with van der Waals surface area (Å²) in [7, 11) is 0. The lowest BCUT2D eigenvalue weighted by atomic mass is 9.53. The average Bonchev–Trinajstić information content (AvgIpc) is 4.17. The number of rotatable bonds is 13. The summed E-state index contributed by atoms with van der Waals surface area (Å²) in [5, 5.41) is 15.8. The van der Waals surface area contributed by atoms with E-state index in [9.17, 15) is 0 Å². The molecule has 73 heavy (non-hydrogen) atoms. The summed E-state index contributed by atoms with van der Waals surface area (Å²) in [5.41, 5.74) is 7.38. The molecule has 3 aromatic heterocycles. The van der Waals surface area contributed by atoms with Crippen molar-refractivity contribution in [2.45, 2.75) is 223 Å². The van der Waals surface area contributed by atoms with Gasteiger partial charge in [0.1, 0.15) is 5.82 Å². The highest BCUT2D eigenvalue weighted by atomic mass is 32.2. The van der Waals surface area contributed by atoms with Gasteiger partial charge in [0.15, 0.2) is 0 Å². The van der Waals surface area contributed by atoms with Crippen LogP contribution < -0.4 is 21.3 Å². The Morgan fingerprint density at radius 2 is 0.890 bits per heavy atom. The van der Waals surface area contributed by atoms with Crippen LogP contribution in [-0.2, 0) is 19.6 Å². The Morgan fingerprint density at radius 3 is 1.23 bits per heavy atom. The first-order valence-electron chi connectivity index (χ1n) is 30.5. The van der Waals surface area contributed by atoms with Gasteiger partial charge in [0.25, 0.3) is 0 Å². The third-order valence-corrected chi connectivity index (χ3v) is 24.2. The van der Waals surface area contributed by atoms with Crippen molar-refractivity contribution < 1.29 is 0 Å². The Hall–Kier alpha value is -2.14. The van der Waals surface area contributed by atoms with Crippen LogP contribution in [-0.4, -0.2) is 49.9 Å². The van der Waals surface area contributed by atoms with Crippen molar-refractivity contribution in [3.63, 3.8) is 0 Å². The van der Waals surface area contributed by atoms with Gasteiger partial charge in [0, 0.05) is 81.2 Å². The Balaban J connectivity index is 0.0000000943. The fourth-order valence-electron chi connectivity index (χ4n) is 21.1. The highest BCUT2D eigenvalue weighted by Crippen LogP contribution is 2.59. The van der Waals surface area contributed by atoms with Gasteiger partial charge in [0.05, 0.1) is 6.54 Å². The molecule has 0 spiro atoms. The monoisotopic (exact) mass is 1030 g/mol. The van der Waals surface area contributed by atoms with Crippen LogP contribution in [0.2, 0.25) is 0 Å². The minimum Gasteiger partial charge on any atom is -0.361 e. The van der Waals surface area contributed by atoms with E-state index in [4.69, 9.17) is 0 Å². The number of aromatic amines is 2.